The number of rotatable bonds is 5. The maximum atomic E-state index is 11.9. The predicted molar refractivity (Wildman–Crippen MR) is 79.9 cm³/mol. The Morgan fingerprint density at radius 3 is 2.57 bits per heavy atom. The molecule has 0 bridgehead atoms. The summed E-state index contributed by atoms with van der Waals surface area (Å²) in [6.07, 6.45) is 0.211. The minimum atomic E-state index is -0.409. The minimum Gasteiger partial charge on any atom is -0.491 e. The van der Waals surface area contributed by atoms with Gasteiger partial charge in [0.2, 0.25) is 11.8 Å². The third-order valence-corrected chi connectivity index (χ3v) is 3.97. The number of aryl methyl sites for hydroxylation is 2. The zero-order valence-corrected chi connectivity index (χ0v) is 12.8. The predicted octanol–water partition coefficient (Wildman–Crippen LogP) is 1.40. The Hall–Kier alpha value is -2.04. The molecule has 1 saturated heterocycles. The van der Waals surface area contributed by atoms with E-state index in [2.05, 4.69) is 0 Å². The number of nitrogens with zero attached hydrogens (tertiary/aromatic N) is 1. The fourth-order valence-corrected chi connectivity index (χ4v) is 2.67. The summed E-state index contributed by atoms with van der Waals surface area (Å²) in [6.45, 7) is 6.72. The van der Waals surface area contributed by atoms with Gasteiger partial charge in [-0.2, -0.15) is 0 Å². The van der Waals surface area contributed by atoms with E-state index in [-0.39, 0.29) is 24.3 Å². The van der Waals surface area contributed by atoms with Crippen LogP contribution in [-0.2, 0) is 9.59 Å². The van der Waals surface area contributed by atoms with Gasteiger partial charge < -0.3 is 15.4 Å². The molecule has 1 aliphatic rings. The number of amides is 2. The van der Waals surface area contributed by atoms with Crippen molar-refractivity contribution < 1.29 is 14.3 Å². The Kier molecular flexibility index (Phi) is 4.50. The van der Waals surface area contributed by atoms with Crippen LogP contribution < -0.4 is 10.5 Å². The van der Waals surface area contributed by atoms with Gasteiger partial charge in [0.1, 0.15) is 12.4 Å². The Balaban J connectivity index is 1.98. The average Bonchev–Trinajstić information content (AvgIpc) is 2.80. The first-order valence-corrected chi connectivity index (χ1v) is 7.18. The first-order chi connectivity index (χ1) is 9.90. The van der Waals surface area contributed by atoms with Gasteiger partial charge in [-0.05, 0) is 31.9 Å². The fraction of sp³-hybridized carbons (Fsp3) is 0.500. The van der Waals surface area contributed by atoms with Gasteiger partial charge >= 0.3 is 0 Å². The van der Waals surface area contributed by atoms with Crippen molar-refractivity contribution in [1.82, 2.24) is 4.90 Å². The van der Waals surface area contributed by atoms with Crippen LogP contribution in [0.4, 0.5) is 0 Å². The SMILES string of the molecule is Cc1cccc(C)c1OCC(C)N1CC(C(N)=O)CC1=O. The van der Waals surface area contributed by atoms with Crippen LogP contribution in [0.2, 0.25) is 0 Å². The van der Waals surface area contributed by atoms with E-state index in [1.165, 1.54) is 0 Å². The standard InChI is InChI=1S/C16H22N2O3/c1-10-5-4-6-11(2)15(10)21-9-12(3)18-8-13(16(17)20)7-14(18)19/h4-6,12-13H,7-9H2,1-3H3,(H2,17,20). The fourth-order valence-electron chi connectivity index (χ4n) is 2.67. The van der Waals surface area contributed by atoms with Gasteiger partial charge in [0.05, 0.1) is 12.0 Å². The second-order valence-corrected chi connectivity index (χ2v) is 5.73. The summed E-state index contributed by atoms with van der Waals surface area (Å²) in [5.74, 6) is 0.0488. The summed E-state index contributed by atoms with van der Waals surface area (Å²) in [4.78, 5) is 24.8. The molecular formula is C16H22N2O3. The van der Waals surface area contributed by atoms with Gasteiger partial charge in [-0.3, -0.25) is 9.59 Å². The molecule has 1 aliphatic heterocycles. The van der Waals surface area contributed by atoms with Crippen molar-refractivity contribution in [2.45, 2.75) is 33.2 Å². The molecule has 2 amide bonds. The quantitative estimate of drug-likeness (QED) is 0.891. The van der Waals surface area contributed by atoms with Gasteiger partial charge in [-0.25, -0.2) is 0 Å². The van der Waals surface area contributed by atoms with Crippen molar-refractivity contribution in [3.05, 3.63) is 29.3 Å². The smallest absolute Gasteiger partial charge is 0.223 e. The monoisotopic (exact) mass is 290 g/mol. The van der Waals surface area contributed by atoms with Gasteiger partial charge in [0.15, 0.2) is 0 Å². The van der Waals surface area contributed by atoms with Crippen LogP contribution in [0, 0.1) is 19.8 Å². The van der Waals surface area contributed by atoms with Crippen LogP contribution in [0.5, 0.6) is 5.75 Å². The molecular weight excluding hydrogens is 268 g/mol. The zero-order chi connectivity index (χ0) is 15.6. The molecule has 5 nitrogen and oxygen atoms in total. The number of primary amides is 1. The van der Waals surface area contributed by atoms with E-state index >= 15 is 0 Å². The van der Waals surface area contributed by atoms with E-state index in [1.54, 1.807) is 4.90 Å². The first-order valence-electron chi connectivity index (χ1n) is 7.18. The van der Waals surface area contributed by atoms with E-state index in [9.17, 15) is 9.59 Å². The lowest BCUT2D eigenvalue weighted by atomic mass is 10.1. The van der Waals surface area contributed by atoms with Gasteiger partial charge in [-0.15, -0.1) is 0 Å². The molecule has 0 aromatic heterocycles. The number of nitrogens with two attached hydrogens (primary N) is 1. The number of carbonyl (C=O) groups is 2. The lowest BCUT2D eigenvalue weighted by Crippen LogP contribution is -2.39. The second-order valence-electron chi connectivity index (χ2n) is 5.73. The Bertz CT molecular complexity index is 536. The highest BCUT2D eigenvalue weighted by atomic mass is 16.5. The average molecular weight is 290 g/mol. The summed E-state index contributed by atoms with van der Waals surface area (Å²) >= 11 is 0. The highest BCUT2D eigenvalue weighted by Gasteiger charge is 2.35. The summed E-state index contributed by atoms with van der Waals surface area (Å²) < 4.78 is 5.88. The third-order valence-electron chi connectivity index (χ3n) is 3.97. The number of likely N-dealkylation sites (tertiary alicyclic amines) is 1. The van der Waals surface area contributed by atoms with Crippen LogP contribution >= 0.6 is 0 Å². The Morgan fingerprint density at radius 1 is 1.43 bits per heavy atom. The summed E-state index contributed by atoms with van der Waals surface area (Å²) in [7, 11) is 0. The van der Waals surface area contributed by atoms with E-state index in [4.69, 9.17) is 10.5 Å². The largest absolute Gasteiger partial charge is 0.491 e. The molecule has 114 valence electrons. The van der Waals surface area contributed by atoms with Crippen molar-refractivity contribution in [3.8, 4) is 5.75 Å². The first kappa shape index (κ1) is 15.4. The number of para-hydroxylation sites is 1. The molecule has 0 aliphatic carbocycles. The Labute approximate surface area is 125 Å². The van der Waals surface area contributed by atoms with E-state index < -0.39 is 5.91 Å². The van der Waals surface area contributed by atoms with Crippen LogP contribution in [-0.4, -0.2) is 35.9 Å². The van der Waals surface area contributed by atoms with Crippen LogP contribution in [0.25, 0.3) is 0 Å². The topological polar surface area (TPSA) is 72.6 Å². The van der Waals surface area contributed by atoms with Crippen molar-refractivity contribution >= 4 is 11.8 Å². The molecule has 21 heavy (non-hydrogen) atoms. The second kappa shape index (κ2) is 6.16. The molecule has 1 fully saturated rings. The number of hydrogen-bond donors (Lipinski definition) is 1. The summed E-state index contributed by atoms with van der Waals surface area (Å²) in [5, 5.41) is 0. The maximum absolute atomic E-state index is 11.9. The minimum absolute atomic E-state index is 0.0311. The Morgan fingerprint density at radius 2 is 2.05 bits per heavy atom. The molecule has 2 atom stereocenters. The highest BCUT2D eigenvalue weighted by Crippen LogP contribution is 2.24. The molecule has 0 saturated carbocycles. The molecule has 0 radical (unpaired) electrons. The molecule has 2 N–H and O–H groups in total. The molecule has 5 heteroatoms. The van der Waals surface area contributed by atoms with Crippen LogP contribution in [0.1, 0.15) is 24.5 Å². The van der Waals surface area contributed by atoms with Crippen molar-refractivity contribution in [1.29, 1.82) is 0 Å². The molecule has 1 heterocycles. The molecule has 2 rings (SSSR count). The molecule has 1 aromatic carbocycles. The summed E-state index contributed by atoms with van der Waals surface area (Å²) in [6, 6.07) is 5.90. The van der Waals surface area contributed by atoms with Crippen molar-refractivity contribution in [3.63, 3.8) is 0 Å². The lowest BCUT2D eigenvalue weighted by Gasteiger charge is -2.25. The van der Waals surface area contributed by atoms with Gasteiger partial charge in [-0.1, -0.05) is 18.2 Å². The van der Waals surface area contributed by atoms with Gasteiger partial charge in [0, 0.05) is 13.0 Å². The number of benzene rings is 1. The van der Waals surface area contributed by atoms with Crippen LogP contribution in [0.3, 0.4) is 0 Å². The van der Waals surface area contributed by atoms with E-state index in [1.807, 2.05) is 39.0 Å². The molecule has 1 aromatic rings. The van der Waals surface area contributed by atoms with Crippen molar-refractivity contribution in [2.75, 3.05) is 13.2 Å². The van der Waals surface area contributed by atoms with E-state index in [0.29, 0.717) is 13.2 Å². The molecule has 2 unspecified atom stereocenters. The van der Waals surface area contributed by atoms with E-state index in [0.717, 1.165) is 16.9 Å². The normalized spacial score (nSPS) is 19.7. The highest BCUT2D eigenvalue weighted by molar-refractivity contribution is 5.88. The number of carbonyl (C=O) groups excluding carboxylic acids is 2. The van der Waals surface area contributed by atoms with Crippen LogP contribution in [0.15, 0.2) is 18.2 Å². The lowest BCUT2D eigenvalue weighted by molar-refractivity contribution is -0.130. The molecule has 0 spiro atoms. The van der Waals surface area contributed by atoms with Gasteiger partial charge in [0.25, 0.3) is 0 Å². The zero-order valence-electron chi connectivity index (χ0n) is 12.8. The number of hydrogen-bond acceptors (Lipinski definition) is 3. The summed E-state index contributed by atoms with van der Waals surface area (Å²) in [5.41, 5.74) is 7.43. The maximum Gasteiger partial charge on any atom is 0.223 e. The van der Waals surface area contributed by atoms with Crippen molar-refractivity contribution in [2.24, 2.45) is 11.7 Å². The number of ether oxygens (including phenoxy) is 1. The third kappa shape index (κ3) is 3.35.